The molecule has 0 unspecified atom stereocenters. The van der Waals surface area contributed by atoms with Crippen LogP contribution in [0.2, 0.25) is 0 Å². The molecule has 0 aromatic carbocycles. The van der Waals surface area contributed by atoms with E-state index < -0.39 is 0 Å². The average Bonchev–Trinajstić information content (AvgIpc) is 2.68. The van der Waals surface area contributed by atoms with Crippen LogP contribution in [0.4, 0.5) is 0 Å². The zero-order valence-electron chi connectivity index (χ0n) is 17.7. The molecule has 3 aliphatic rings. The highest BCUT2D eigenvalue weighted by molar-refractivity contribution is 5.00. The Morgan fingerprint density at radius 2 is 0.556 bits per heavy atom. The van der Waals surface area contributed by atoms with Crippen molar-refractivity contribution in [2.45, 2.75) is 96.3 Å². The lowest BCUT2D eigenvalue weighted by molar-refractivity contribution is 0.261. The molecule has 0 spiro atoms. The molecular formula is C25H42N2. The van der Waals surface area contributed by atoms with E-state index in [1.54, 1.807) is 0 Å². The monoisotopic (exact) mass is 370 g/mol. The van der Waals surface area contributed by atoms with Crippen LogP contribution in [0.15, 0.2) is 0 Å². The van der Waals surface area contributed by atoms with Gasteiger partial charge in [0.05, 0.1) is 0 Å². The molecule has 27 heavy (non-hydrogen) atoms. The Morgan fingerprint density at radius 3 is 0.889 bits per heavy atom. The molecule has 0 saturated carbocycles. The van der Waals surface area contributed by atoms with Crippen molar-refractivity contribution in [1.82, 2.24) is 9.80 Å². The van der Waals surface area contributed by atoms with Crippen molar-refractivity contribution >= 4 is 0 Å². The van der Waals surface area contributed by atoms with E-state index in [1.807, 2.05) is 0 Å². The molecule has 0 aromatic rings. The number of nitrogens with zero attached hydrogens (tertiary/aromatic N) is 2. The van der Waals surface area contributed by atoms with E-state index in [1.165, 1.54) is 110 Å². The zero-order chi connectivity index (χ0) is 18.8. The van der Waals surface area contributed by atoms with E-state index in [-0.39, 0.29) is 0 Å². The van der Waals surface area contributed by atoms with Crippen LogP contribution in [0.3, 0.4) is 0 Å². The van der Waals surface area contributed by atoms with Gasteiger partial charge in [-0.25, -0.2) is 0 Å². The topological polar surface area (TPSA) is 6.48 Å². The van der Waals surface area contributed by atoms with Crippen LogP contribution in [-0.2, 0) is 0 Å². The van der Waals surface area contributed by atoms with Crippen molar-refractivity contribution in [2.24, 2.45) is 0 Å². The van der Waals surface area contributed by atoms with Crippen LogP contribution in [0, 0.1) is 23.7 Å². The van der Waals surface area contributed by atoms with Crippen LogP contribution < -0.4 is 0 Å². The molecule has 0 atom stereocenters. The summed E-state index contributed by atoms with van der Waals surface area (Å²) in [5.74, 6) is 13.7. The smallest absolute Gasteiger partial charge is 0.0101 e. The van der Waals surface area contributed by atoms with Gasteiger partial charge in [0.25, 0.3) is 0 Å². The van der Waals surface area contributed by atoms with Crippen molar-refractivity contribution in [1.29, 1.82) is 0 Å². The molecule has 0 amide bonds. The Kier molecular flexibility index (Phi) is 13.3. The first-order valence-corrected chi connectivity index (χ1v) is 11.8. The van der Waals surface area contributed by atoms with E-state index in [2.05, 4.69) is 33.5 Å². The summed E-state index contributed by atoms with van der Waals surface area (Å²) < 4.78 is 0. The highest BCUT2D eigenvalue weighted by Gasteiger charge is 2.06. The van der Waals surface area contributed by atoms with Crippen LogP contribution in [0.1, 0.15) is 96.3 Å². The minimum Gasteiger partial charge on any atom is -0.303 e. The van der Waals surface area contributed by atoms with Gasteiger partial charge in [-0.05, 0) is 77.8 Å². The molecule has 0 aliphatic carbocycles. The molecule has 0 N–H and O–H groups in total. The summed E-state index contributed by atoms with van der Waals surface area (Å²) in [6, 6.07) is 0. The lowest BCUT2D eigenvalue weighted by Gasteiger charge is -2.21. The summed E-state index contributed by atoms with van der Waals surface area (Å²) in [4.78, 5) is 5.36. The molecule has 0 fully saturated rings. The second-order valence-electron chi connectivity index (χ2n) is 8.28. The van der Waals surface area contributed by atoms with E-state index >= 15 is 0 Å². The quantitative estimate of drug-likeness (QED) is 0.521. The minimum atomic E-state index is 1.07. The standard InChI is InChI=1S/C25H42N2/c1-2-8-14-20-26-22-16-10-4-6-12-18-24-27(21-15-9-3-1)25-19-13-7-5-11-17-23-26/h1-3,8-25H2. The number of fused-ring (bicyclic) bond motifs is 20. The Balaban J connectivity index is 1.95. The van der Waals surface area contributed by atoms with Gasteiger partial charge in [0.15, 0.2) is 0 Å². The molecule has 2 heteroatoms. The maximum absolute atomic E-state index is 3.43. The molecule has 3 heterocycles. The minimum absolute atomic E-state index is 1.07. The molecule has 0 radical (unpaired) electrons. The largest absolute Gasteiger partial charge is 0.303 e. The maximum Gasteiger partial charge on any atom is 0.0101 e. The van der Waals surface area contributed by atoms with Crippen molar-refractivity contribution in [2.75, 3.05) is 39.3 Å². The molecule has 3 aliphatic heterocycles. The number of rotatable bonds is 0. The molecular weight excluding hydrogens is 328 g/mol. The van der Waals surface area contributed by atoms with Gasteiger partial charge in [0, 0.05) is 25.7 Å². The van der Waals surface area contributed by atoms with Gasteiger partial charge in [0.2, 0.25) is 0 Å². The first-order chi connectivity index (χ1) is 13.4. The number of hydrogen-bond acceptors (Lipinski definition) is 2. The third kappa shape index (κ3) is 12.2. The second-order valence-corrected chi connectivity index (χ2v) is 8.28. The molecule has 3 rings (SSSR count). The van der Waals surface area contributed by atoms with Gasteiger partial charge < -0.3 is 9.80 Å². The summed E-state index contributed by atoms with van der Waals surface area (Å²) in [5.41, 5.74) is 0. The van der Waals surface area contributed by atoms with Crippen molar-refractivity contribution in [3.8, 4) is 23.7 Å². The molecule has 0 saturated heterocycles. The lowest BCUT2D eigenvalue weighted by atomic mass is 10.1. The first kappa shape index (κ1) is 22.3. The molecule has 0 aromatic heterocycles. The van der Waals surface area contributed by atoms with Crippen LogP contribution in [-0.4, -0.2) is 49.1 Å². The predicted molar refractivity (Wildman–Crippen MR) is 118 cm³/mol. The van der Waals surface area contributed by atoms with E-state index in [0.29, 0.717) is 0 Å². The van der Waals surface area contributed by atoms with Gasteiger partial charge >= 0.3 is 0 Å². The predicted octanol–water partition coefficient (Wildman–Crippen LogP) is 5.48. The fraction of sp³-hybridized carbons (Fsp3) is 0.840. The second kappa shape index (κ2) is 16.0. The van der Waals surface area contributed by atoms with Gasteiger partial charge in [-0.3, -0.25) is 0 Å². The summed E-state index contributed by atoms with van der Waals surface area (Å²) >= 11 is 0. The average molecular weight is 371 g/mol. The molecule has 2 nitrogen and oxygen atoms in total. The lowest BCUT2D eigenvalue weighted by Crippen LogP contribution is -2.27. The normalized spacial score (nSPS) is 27.9. The third-order valence-corrected chi connectivity index (χ3v) is 5.80. The van der Waals surface area contributed by atoms with E-state index in [0.717, 1.165) is 25.7 Å². The first-order valence-electron chi connectivity index (χ1n) is 11.8. The maximum atomic E-state index is 3.43. The SMILES string of the molecule is C1#CCCCN2CCCC#CCCCN(CCC1)CCCCCCCCC2. The van der Waals surface area contributed by atoms with E-state index in [4.69, 9.17) is 0 Å². The van der Waals surface area contributed by atoms with Crippen LogP contribution in [0.5, 0.6) is 0 Å². The van der Waals surface area contributed by atoms with Crippen molar-refractivity contribution in [3.05, 3.63) is 0 Å². The Morgan fingerprint density at radius 1 is 0.296 bits per heavy atom. The summed E-state index contributed by atoms with van der Waals surface area (Å²) in [5, 5.41) is 0. The fourth-order valence-electron chi connectivity index (χ4n) is 4.14. The van der Waals surface area contributed by atoms with E-state index in [9.17, 15) is 0 Å². The highest BCUT2D eigenvalue weighted by Crippen LogP contribution is 2.11. The summed E-state index contributed by atoms with van der Waals surface area (Å²) in [6.07, 6.45) is 19.0. The Bertz CT molecular complexity index is 404. The summed E-state index contributed by atoms with van der Waals surface area (Å²) in [6.45, 7) is 7.42. The van der Waals surface area contributed by atoms with Crippen molar-refractivity contribution in [3.63, 3.8) is 0 Å². The number of hydrogen-bond donors (Lipinski definition) is 0. The highest BCUT2D eigenvalue weighted by atomic mass is 15.1. The van der Waals surface area contributed by atoms with Crippen LogP contribution >= 0.6 is 0 Å². The Hall–Kier alpha value is -0.960. The third-order valence-electron chi connectivity index (χ3n) is 5.80. The van der Waals surface area contributed by atoms with Gasteiger partial charge in [-0.15, -0.1) is 23.7 Å². The van der Waals surface area contributed by atoms with Gasteiger partial charge in [-0.2, -0.15) is 0 Å². The van der Waals surface area contributed by atoms with Gasteiger partial charge in [-0.1, -0.05) is 32.1 Å². The van der Waals surface area contributed by atoms with Crippen molar-refractivity contribution < 1.29 is 0 Å². The molecule has 152 valence electrons. The fourth-order valence-corrected chi connectivity index (χ4v) is 4.14. The zero-order valence-corrected chi connectivity index (χ0v) is 17.7. The summed E-state index contributed by atoms with van der Waals surface area (Å²) in [7, 11) is 0. The molecule has 2 bridgehead atoms. The van der Waals surface area contributed by atoms with Crippen LogP contribution in [0.25, 0.3) is 0 Å². The van der Waals surface area contributed by atoms with Gasteiger partial charge in [0.1, 0.15) is 0 Å². The Labute approximate surface area is 169 Å².